The van der Waals surface area contributed by atoms with E-state index < -0.39 is 6.10 Å². The molecule has 1 unspecified atom stereocenters. The zero-order valence-corrected chi connectivity index (χ0v) is 11.1. The Bertz CT molecular complexity index is 498. The van der Waals surface area contributed by atoms with Gasteiger partial charge in [0.1, 0.15) is 0 Å². The Balaban J connectivity index is 1.95. The predicted octanol–water partition coefficient (Wildman–Crippen LogP) is 3.77. The molecule has 1 N–H and O–H groups in total. The van der Waals surface area contributed by atoms with Crippen molar-refractivity contribution in [3.63, 3.8) is 0 Å². The topological polar surface area (TPSA) is 33.1 Å². The maximum Gasteiger partial charge on any atom is 0.0929 e. The van der Waals surface area contributed by atoms with Crippen LogP contribution < -0.4 is 0 Å². The zero-order chi connectivity index (χ0) is 12.3. The number of rotatable bonds is 4. The van der Waals surface area contributed by atoms with Crippen LogP contribution in [-0.2, 0) is 6.42 Å². The molecule has 17 heavy (non-hydrogen) atoms. The van der Waals surface area contributed by atoms with Gasteiger partial charge in [0.25, 0.3) is 0 Å². The zero-order valence-electron chi connectivity index (χ0n) is 9.56. The van der Waals surface area contributed by atoms with E-state index in [9.17, 15) is 5.11 Å². The van der Waals surface area contributed by atoms with Gasteiger partial charge < -0.3 is 5.11 Å². The monoisotopic (exact) mass is 267 g/mol. The lowest BCUT2D eigenvalue weighted by Gasteiger charge is -2.10. The first kappa shape index (κ1) is 12.6. The average Bonchev–Trinajstić information content (AvgIpc) is 2.72. The van der Waals surface area contributed by atoms with E-state index in [0.29, 0.717) is 11.4 Å². The highest BCUT2D eigenvalue weighted by molar-refractivity contribution is 7.09. The first-order chi connectivity index (χ1) is 8.15. The van der Waals surface area contributed by atoms with Crippen molar-refractivity contribution in [2.24, 2.45) is 0 Å². The normalized spacial score (nSPS) is 12.6. The van der Waals surface area contributed by atoms with Crippen LogP contribution in [0.2, 0.25) is 5.02 Å². The summed E-state index contributed by atoms with van der Waals surface area (Å²) in [4.78, 5) is 4.38. The summed E-state index contributed by atoms with van der Waals surface area (Å²) in [6.07, 6.45) is 0.998. The number of aliphatic hydroxyl groups is 1. The Labute approximate surface area is 110 Å². The van der Waals surface area contributed by atoms with Gasteiger partial charge >= 0.3 is 0 Å². The third kappa shape index (κ3) is 3.53. The van der Waals surface area contributed by atoms with Crippen molar-refractivity contribution in [3.8, 4) is 0 Å². The summed E-state index contributed by atoms with van der Waals surface area (Å²) in [6.45, 7) is 1.98. The minimum Gasteiger partial charge on any atom is -0.388 e. The second kappa shape index (κ2) is 5.63. The number of halogens is 1. The van der Waals surface area contributed by atoms with Crippen molar-refractivity contribution in [2.75, 3.05) is 0 Å². The lowest BCUT2D eigenvalue weighted by molar-refractivity contribution is 0.168. The lowest BCUT2D eigenvalue weighted by atomic mass is 10.1. The molecule has 0 fully saturated rings. The second-order valence-corrected chi connectivity index (χ2v) is 5.37. The molecule has 1 atom stereocenters. The molecule has 2 aromatic rings. The van der Waals surface area contributed by atoms with E-state index in [1.165, 1.54) is 0 Å². The van der Waals surface area contributed by atoms with Crippen LogP contribution in [0.25, 0.3) is 0 Å². The third-order valence-electron chi connectivity index (χ3n) is 2.53. The molecule has 0 saturated carbocycles. The fraction of sp³-hybridized carbons (Fsp3) is 0.308. The highest BCUT2D eigenvalue weighted by Gasteiger charge is 2.09. The largest absolute Gasteiger partial charge is 0.388 e. The smallest absolute Gasteiger partial charge is 0.0929 e. The summed E-state index contributed by atoms with van der Waals surface area (Å²) in [5.41, 5.74) is 1.91. The summed E-state index contributed by atoms with van der Waals surface area (Å²) in [5, 5.41) is 13.8. The van der Waals surface area contributed by atoms with Gasteiger partial charge in [0.2, 0.25) is 0 Å². The maximum atomic E-state index is 10.0. The number of hydrogen-bond acceptors (Lipinski definition) is 3. The number of thiazole rings is 1. The van der Waals surface area contributed by atoms with Crippen LogP contribution in [-0.4, -0.2) is 10.1 Å². The standard InChI is InChI=1S/C13H14ClNOS/c1-9-8-17-13(15-9)6-5-12(16)10-3-2-4-11(14)7-10/h2-4,7-8,12,16H,5-6H2,1H3. The van der Waals surface area contributed by atoms with Crippen molar-refractivity contribution >= 4 is 22.9 Å². The van der Waals surface area contributed by atoms with Crippen molar-refractivity contribution in [1.82, 2.24) is 4.98 Å². The van der Waals surface area contributed by atoms with Crippen molar-refractivity contribution in [1.29, 1.82) is 0 Å². The van der Waals surface area contributed by atoms with Crippen LogP contribution in [0.5, 0.6) is 0 Å². The van der Waals surface area contributed by atoms with E-state index in [-0.39, 0.29) is 0 Å². The molecule has 2 rings (SSSR count). The lowest BCUT2D eigenvalue weighted by Crippen LogP contribution is -1.99. The average molecular weight is 268 g/mol. The van der Waals surface area contributed by atoms with Crippen LogP contribution in [0.3, 0.4) is 0 Å². The van der Waals surface area contributed by atoms with Gasteiger partial charge in [-0.3, -0.25) is 0 Å². The number of aliphatic hydroxyl groups excluding tert-OH is 1. The van der Waals surface area contributed by atoms with Crippen molar-refractivity contribution in [2.45, 2.75) is 25.9 Å². The highest BCUT2D eigenvalue weighted by atomic mass is 35.5. The quantitative estimate of drug-likeness (QED) is 0.915. The second-order valence-electron chi connectivity index (χ2n) is 3.99. The van der Waals surface area contributed by atoms with E-state index >= 15 is 0 Å². The van der Waals surface area contributed by atoms with Gasteiger partial charge in [-0.2, -0.15) is 0 Å². The van der Waals surface area contributed by atoms with Gasteiger partial charge in [0.15, 0.2) is 0 Å². The number of benzene rings is 1. The van der Waals surface area contributed by atoms with Crippen LogP contribution in [0.1, 0.15) is 28.8 Å². The third-order valence-corrected chi connectivity index (χ3v) is 3.79. The van der Waals surface area contributed by atoms with E-state index in [0.717, 1.165) is 22.7 Å². The van der Waals surface area contributed by atoms with Gasteiger partial charge in [-0.1, -0.05) is 23.7 Å². The van der Waals surface area contributed by atoms with Crippen LogP contribution >= 0.6 is 22.9 Å². The summed E-state index contributed by atoms with van der Waals surface area (Å²) < 4.78 is 0. The Morgan fingerprint density at radius 2 is 2.29 bits per heavy atom. The van der Waals surface area contributed by atoms with Gasteiger partial charge in [0.05, 0.1) is 11.1 Å². The molecular weight excluding hydrogens is 254 g/mol. The Hall–Kier alpha value is -0.900. The molecule has 1 aromatic heterocycles. The van der Waals surface area contributed by atoms with Crippen LogP contribution in [0.15, 0.2) is 29.6 Å². The van der Waals surface area contributed by atoms with Gasteiger partial charge in [-0.15, -0.1) is 11.3 Å². The first-order valence-electron chi connectivity index (χ1n) is 5.49. The SMILES string of the molecule is Cc1csc(CCC(O)c2cccc(Cl)c2)n1. The van der Waals surface area contributed by atoms with Crippen LogP contribution in [0.4, 0.5) is 0 Å². The van der Waals surface area contributed by atoms with Crippen molar-refractivity contribution in [3.05, 3.63) is 50.9 Å². The highest BCUT2D eigenvalue weighted by Crippen LogP contribution is 2.22. The summed E-state index contributed by atoms with van der Waals surface area (Å²) in [7, 11) is 0. The molecule has 0 amide bonds. The molecule has 90 valence electrons. The summed E-state index contributed by atoms with van der Waals surface area (Å²) in [5.74, 6) is 0. The fourth-order valence-corrected chi connectivity index (χ4v) is 2.65. The molecule has 4 heteroatoms. The van der Waals surface area contributed by atoms with E-state index in [1.54, 1.807) is 17.4 Å². The molecule has 0 spiro atoms. The summed E-state index contributed by atoms with van der Waals surface area (Å²) in [6, 6.07) is 7.36. The molecule has 0 aliphatic rings. The van der Waals surface area contributed by atoms with Crippen LogP contribution in [0, 0.1) is 6.92 Å². The Morgan fingerprint density at radius 3 is 2.94 bits per heavy atom. The molecule has 0 saturated heterocycles. The molecule has 0 aliphatic heterocycles. The van der Waals surface area contributed by atoms with E-state index in [4.69, 9.17) is 11.6 Å². The Kier molecular flexibility index (Phi) is 4.15. The molecule has 2 nitrogen and oxygen atoms in total. The number of nitrogens with zero attached hydrogens (tertiary/aromatic N) is 1. The minimum absolute atomic E-state index is 0.474. The molecule has 0 bridgehead atoms. The Morgan fingerprint density at radius 1 is 1.47 bits per heavy atom. The molecule has 0 aliphatic carbocycles. The molecule has 1 aromatic carbocycles. The van der Waals surface area contributed by atoms with Gasteiger partial charge in [-0.05, 0) is 31.0 Å². The molecule has 0 radical (unpaired) electrons. The van der Waals surface area contributed by atoms with E-state index in [2.05, 4.69) is 4.98 Å². The van der Waals surface area contributed by atoms with Gasteiger partial charge in [-0.25, -0.2) is 4.98 Å². The number of hydrogen-bond donors (Lipinski definition) is 1. The molecular formula is C13H14ClNOS. The van der Waals surface area contributed by atoms with Gasteiger partial charge in [0, 0.05) is 22.5 Å². The summed E-state index contributed by atoms with van der Waals surface area (Å²) >= 11 is 7.53. The number of aryl methyl sites for hydroxylation is 2. The maximum absolute atomic E-state index is 10.0. The van der Waals surface area contributed by atoms with E-state index in [1.807, 2.05) is 30.5 Å². The number of aromatic nitrogens is 1. The van der Waals surface area contributed by atoms with Crippen molar-refractivity contribution < 1.29 is 5.11 Å². The minimum atomic E-state index is -0.474. The predicted molar refractivity (Wildman–Crippen MR) is 71.6 cm³/mol. The fourth-order valence-electron chi connectivity index (χ4n) is 1.66. The first-order valence-corrected chi connectivity index (χ1v) is 6.75. The molecule has 1 heterocycles.